The summed E-state index contributed by atoms with van der Waals surface area (Å²) < 4.78 is 0.885. The Morgan fingerprint density at radius 1 is 1.09 bits per heavy atom. The molecule has 0 saturated carbocycles. The van der Waals surface area contributed by atoms with Gasteiger partial charge in [-0.3, -0.25) is 4.79 Å². The number of rotatable bonds is 13. The first kappa shape index (κ1) is 21.1. The fraction of sp³-hybridized carbons (Fsp3) is 0.833. The van der Waals surface area contributed by atoms with Crippen molar-refractivity contribution in [1.29, 1.82) is 0 Å². The fourth-order valence-electron chi connectivity index (χ4n) is 2.68. The van der Waals surface area contributed by atoms with Crippen LogP contribution in [-0.4, -0.2) is 66.8 Å². The molecule has 0 aliphatic rings. The van der Waals surface area contributed by atoms with Gasteiger partial charge in [-0.1, -0.05) is 19.1 Å². The van der Waals surface area contributed by atoms with Crippen LogP contribution in [0.4, 0.5) is 0 Å². The van der Waals surface area contributed by atoms with E-state index in [0.717, 1.165) is 62.9 Å². The van der Waals surface area contributed by atoms with E-state index in [2.05, 4.69) is 32.9 Å². The number of carbonyl (C=O) groups is 1. The van der Waals surface area contributed by atoms with Gasteiger partial charge in [0.05, 0.1) is 32.8 Å². The lowest BCUT2D eigenvalue weighted by molar-refractivity contribution is -0.924. The molecule has 4 nitrogen and oxygen atoms in total. The van der Waals surface area contributed by atoms with Crippen LogP contribution < -0.4 is 0 Å². The van der Waals surface area contributed by atoms with Crippen molar-refractivity contribution in [2.45, 2.75) is 52.9 Å². The van der Waals surface area contributed by atoms with Crippen LogP contribution in [0.1, 0.15) is 52.9 Å². The summed E-state index contributed by atoms with van der Waals surface area (Å²) in [5, 5.41) is 9.24. The monoisotopic (exact) mass is 313 g/mol. The van der Waals surface area contributed by atoms with Gasteiger partial charge in [-0.25, -0.2) is 0 Å². The van der Waals surface area contributed by atoms with Crippen LogP contribution in [0, 0.1) is 0 Å². The van der Waals surface area contributed by atoms with E-state index >= 15 is 0 Å². The number of nitrogens with zero attached hydrogens (tertiary/aromatic N) is 2. The summed E-state index contributed by atoms with van der Waals surface area (Å²) in [6.07, 6.45) is 9.26. The van der Waals surface area contributed by atoms with Crippen molar-refractivity contribution in [1.82, 2.24) is 4.90 Å². The van der Waals surface area contributed by atoms with Crippen molar-refractivity contribution in [3.63, 3.8) is 0 Å². The number of unbranched alkanes of at least 4 members (excludes halogenated alkanes) is 2. The van der Waals surface area contributed by atoms with Gasteiger partial charge in [-0.05, 0) is 39.5 Å². The van der Waals surface area contributed by atoms with E-state index in [1.54, 1.807) is 0 Å². The molecule has 0 unspecified atom stereocenters. The molecule has 0 fully saturated rings. The van der Waals surface area contributed by atoms with E-state index in [-0.39, 0.29) is 12.5 Å². The molecular weight excluding hydrogens is 276 g/mol. The average molecular weight is 314 g/mol. The van der Waals surface area contributed by atoms with E-state index in [1.807, 2.05) is 11.9 Å². The Balaban J connectivity index is 4.05. The van der Waals surface area contributed by atoms with Gasteiger partial charge < -0.3 is 14.5 Å². The minimum Gasteiger partial charge on any atom is -0.391 e. The van der Waals surface area contributed by atoms with Crippen molar-refractivity contribution in [2.75, 3.05) is 46.4 Å². The lowest BCUT2D eigenvalue weighted by atomic mass is 10.1. The largest absolute Gasteiger partial charge is 0.391 e. The van der Waals surface area contributed by atoms with Crippen molar-refractivity contribution >= 4 is 5.91 Å². The number of hydrogen-bond donors (Lipinski definition) is 1. The first-order chi connectivity index (χ1) is 10.5. The third-order valence-corrected chi connectivity index (χ3v) is 4.67. The maximum atomic E-state index is 12.1. The van der Waals surface area contributed by atoms with E-state index in [9.17, 15) is 9.90 Å². The summed E-state index contributed by atoms with van der Waals surface area (Å²) in [5.74, 6) is 0.244. The predicted octanol–water partition coefficient (Wildman–Crippen LogP) is 2.82. The second-order valence-corrected chi connectivity index (χ2v) is 6.09. The average Bonchev–Trinajstić information content (AvgIpc) is 2.54. The van der Waals surface area contributed by atoms with Crippen LogP contribution >= 0.6 is 0 Å². The molecule has 0 aliphatic heterocycles. The number of aliphatic hydroxyl groups excluding tert-OH is 1. The molecule has 0 spiro atoms. The number of aliphatic hydroxyl groups is 1. The van der Waals surface area contributed by atoms with Crippen LogP contribution in [-0.2, 0) is 4.79 Å². The molecule has 0 rings (SSSR count). The van der Waals surface area contributed by atoms with Gasteiger partial charge in [-0.15, -0.1) is 0 Å². The zero-order chi connectivity index (χ0) is 16.8. The van der Waals surface area contributed by atoms with E-state index in [1.165, 1.54) is 0 Å². The second kappa shape index (κ2) is 12.7. The number of allylic oxidation sites excluding steroid dienone is 2. The first-order valence-electron chi connectivity index (χ1n) is 8.90. The highest BCUT2D eigenvalue weighted by Gasteiger charge is 2.23. The number of amides is 1. The highest BCUT2D eigenvalue weighted by Crippen LogP contribution is 2.08. The maximum absolute atomic E-state index is 12.1. The Morgan fingerprint density at radius 2 is 1.77 bits per heavy atom. The zero-order valence-electron chi connectivity index (χ0n) is 15.2. The SMILES string of the molecule is CC/C=C/CCCCC(=O)N(C)CC[N+](CC)(CC)CCO. The Labute approximate surface area is 137 Å². The number of carbonyl (C=O) groups excluding carboxylic acids is 1. The fourth-order valence-corrected chi connectivity index (χ4v) is 2.68. The summed E-state index contributed by atoms with van der Waals surface area (Å²) in [6, 6.07) is 0. The molecule has 0 radical (unpaired) electrons. The Bertz CT molecular complexity index is 312. The molecular formula is C18H37N2O2+. The van der Waals surface area contributed by atoms with Gasteiger partial charge in [0.25, 0.3) is 0 Å². The molecule has 0 aromatic heterocycles. The molecule has 0 heterocycles. The van der Waals surface area contributed by atoms with Gasteiger partial charge in [0.2, 0.25) is 5.91 Å². The molecule has 0 bridgehead atoms. The van der Waals surface area contributed by atoms with Gasteiger partial charge >= 0.3 is 0 Å². The Hall–Kier alpha value is -0.870. The standard InChI is InChI=1S/C18H37N2O2/c1-5-8-9-10-11-12-13-18(22)19(4)14-15-20(6-2,7-3)16-17-21/h8-9,21H,5-7,10-17H2,1-4H3/q+1/b9-8+. The van der Waals surface area contributed by atoms with Gasteiger partial charge in [-0.2, -0.15) is 0 Å². The number of quaternary nitrogens is 1. The molecule has 0 aromatic rings. The van der Waals surface area contributed by atoms with Crippen molar-refractivity contribution in [2.24, 2.45) is 0 Å². The Kier molecular flexibility index (Phi) is 12.2. The smallest absolute Gasteiger partial charge is 0.222 e. The molecule has 1 amide bonds. The van der Waals surface area contributed by atoms with Crippen LogP contribution in [0.3, 0.4) is 0 Å². The van der Waals surface area contributed by atoms with Gasteiger partial charge in [0.15, 0.2) is 0 Å². The molecule has 0 atom stereocenters. The van der Waals surface area contributed by atoms with Gasteiger partial charge in [0, 0.05) is 13.5 Å². The van der Waals surface area contributed by atoms with Crippen LogP contribution in [0.15, 0.2) is 12.2 Å². The summed E-state index contributed by atoms with van der Waals surface area (Å²) in [5.41, 5.74) is 0. The molecule has 1 N–H and O–H groups in total. The minimum atomic E-state index is 0.213. The molecule has 4 heteroatoms. The molecule has 0 aliphatic carbocycles. The summed E-state index contributed by atoms with van der Waals surface area (Å²) in [4.78, 5) is 14.0. The Morgan fingerprint density at radius 3 is 2.32 bits per heavy atom. The number of likely N-dealkylation sites (N-methyl/N-ethyl adjacent to an activating group) is 2. The second-order valence-electron chi connectivity index (χ2n) is 6.09. The normalized spacial score (nSPS) is 12.0. The third kappa shape index (κ3) is 8.54. The van der Waals surface area contributed by atoms with E-state index in [0.29, 0.717) is 6.42 Å². The van der Waals surface area contributed by atoms with E-state index < -0.39 is 0 Å². The third-order valence-electron chi connectivity index (χ3n) is 4.67. The molecule has 0 saturated heterocycles. The maximum Gasteiger partial charge on any atom is 0.222 e. The van der Waals surface area contributed by atoms with E-state index in [4.69, 9.17) is 0 Å². The van der Waals surface area contributed by atoms with Crippen molar-refractivity contribution < 1.29 is 14.4 Å². The first-order valence-corrected chi connectivity index (χ1v) is 8.90. The zero-order valence-corrected chi connectivity index (χ0v) is 15.2. The summed E-state index contributed by atoms with van der Waals surface area (Å²) in [7, 11) is 1.90. The summed E-state index contributed by atoms with van der Waals surface area (Å²) >= 11 is 0. The highest BCUT2D eigenvalue weighted by atomic mass is 16.3. The van der Waals surface area contributed by atoms with Crippen molar-refractivity contribution in [3.05, 3.63) is 12.2 Å². The highest BCUT2D eigenvalue weighted by molar-refractivity contribution is 5.75. The lowest BCUT2D eigenvalue weighted by Crippen LogP contribution is -2.53. The predicted molar refractivity (Wildman–Crippen MR) is 93.7 cm³/mol. The quantitative estimate of drug-likeness (QED) is 0.323. The van der Waals surface area contributed by atoms with Crippen LogP contribution in [0.5, 0.6) is 0 Å². The van der Waals surface area contributed by atoms with Gasteiger partial charge in [0.1, 0.15) is 6.54 Å². The topological polar surface area (TPSA) is 40.5 Å². The van der Waals surface area contributed by atoms with Crippen LogP contribution in [0.25, 0.3) is 0 Å². The minimum absolute atomic E-state index is 0.213. The summed E-state index contributed by atoms with van der Waals surface area (Å²) in [6.45, 7) is 11.1. The molecule has 130 valence electrons. The molecule has 0 aromatic carbocycles. The van der Waals surface area contributed by atoms with Crippen molar-refractivity contribution in [3.8, 4) is 0 Å². The molecule has 22 heavy (non-hydrogen) atoms. The van der Waals surface area contributed by atoms with Crippen LogP contribution in [0.2, 0.25) is 0 Å². The lowest BCUT2D eigenvalue weighted by Gasteiger charge is -2.37. The number of hydrogen-bond acceptors (Lipinski definition) is 2.